The molecule has 0 aliphatic heterocycles. The molecule has 0 bridgehead atoms. The molecule has 0 fully saturated rings. The second-order valence-corrected chi connectivity index (χ2v) is 12.6. The summed E-state index contributed by atoms with van der Waals surface area (Å²) < 4.78 is 11.5. The second kappa shape index (κ2) is 12.7. The van der Waals surface area contributed by atoms with Crippen LogP contribution in [0.25, 0.3) is 0 Å². The van der Waals surface area contributed by atoms with E-state index < -0.39 is 15.8 Å². The molecule has 0 aliphatic rings. The summed E-state index contributed by atoms with van der Waals surface area (Å²) >= 11 is 0. The first kappa shape index (κ1) is 24.5. The van der Waals surface area contributed by atoms with Crippen molar-refractivity contribution in [1.82, 2.24) is 0 Å². The lowest BCUT2D eigenvalue weighted by atomic mass is 10.3. The van der Waals surface area contributed by atoms with E-state index in [9.17, 15) is 0 Å². The maximum Gasteiger partial charge on any atom is 0.126 e. The van der Waals surface area contributed by atoms with Gasteiger partial charge in [-0.2, -0.15) is 0 Å². The van der Waals surface area contributed by atoms with Crippen molar-refractivity contribution in [2.75, 3.05) is 26.5 Å². The molecule has 0 aromatic heterocycles. The Morgan fingerprint density at radius 3 is 1.21 bits per heavy atom. The smallest absolute Gasteiger partial charge is 0.126 e. The standard InChI is InChI=1S/C30H32O2P2/c1-31-27-19-9-11-21-29(27)33(25-15-5-3-6-16-25)23-13-14-24-34(26-17-7-4-8-18-26)30-22-12-10-20-28(30)32-2/h3-12,15-22H,13-14,23-24H2,1-2H3/t33-,34-/m0/s1. The van der Waals surface area contributed by atoms with Gasteiger partial charge in [-0.25, -0.2) is 0 Å². The fourth-order valence-corrected chi connectivity index (χ4v) is 9.33. The summed E-state index contributed by atoms with van der Waals surface area (Å²) in [4.78, 5) is 0. The first-order valence-electron chi connectivity index (χ1n) is 11.7. The fourth-order valence-electron chi connectivity index (χ4n) is 4.24. The molecular formula is C30H32O2P2. The Bertz CT molecular complexity index is 1060. The van der Waals surface area contributed by atoms with Gasteiger partial charge in [-0.3, -0.25) is 0 Å². The van der Waals surface area contributed by atoms with E-state index in [-0.39, 0.29) is 0 Å². The van der Waals surface area contributed by atoms with E-state index in [2.05, 4.69) is 109 Å². The first-order valence-corrected chi connectivity index (χ1v) is 14.8. The predicted octanol–water partition coefficient (Wildman–Crippen LogP) is 6.05. The average molecular weight is 487 g/mol. The molecule has 4 aromatic carbocycles. The minimum absolute atomic E-state index is 0.469. The van der Waals surface area contributed by atoms with Crippen molar-refractivity contribution in [3.8, 4) is 11.5 Å². The molecule has 4 rings (SSSR count). The Labute approximate surface area is 206 Å². The Kier molecular flexibility index (Phi) is 9.14. The van der Waals surface area contributed by atoms with Crippen LogP contribution < -0.4 is 30.7 Å². The lowest BCUT2D eigenvalue weighted by molar-refractivity contribution is 0.418. The van der Waals surface area contributed by atoms with Gasteiger partial charge in [0.1, 0.15) is 11.5 Å². The van der Waals surface area contributed by atoms with Crippen molar-refractivity contribution in [3.05, 3.63) is 109 Å². The number of unbranched alkanes of at least 4 members (excludes halogenated alkanes) is 1. The first-order chi connectivity index (χ1) is 16.8. The third kappa shape index (κ3) is 6.06. The van der Waals surface area contributed by atoms with Crippen LogP contribution in [0.1, 0.15) is 12.8 Å². The predicted molar refractivity (Wildman–Crippen MR) is 150 cm³/mol. The molecule has 0 N–H and O–H groups in total. The van der Waals surface area contributed by atoms with Crippen molar-refractivity contribution in [2.24, 2.45) is 0 Å². The molecule has 4 aromatic rings. The minimum Gasteiger partial charge on any atom is -0.496 e. The van der Waals surface area contributed by atoms with Crippen molar-refractivity contribution in [1.29, 1.82) is 0 Å². The monoisotopic (exact) mass is 486 g/mol. The lowest BCUT2D eigenvalue weighted by Crippen LogP contribution is -2.18. The molecule has 4 heteroatoms. The quantitative estimate of drug-likeness (QED) is 0.190. The van der Waals surface area contributed by atoms with Crippen molar-refractivity contribution >= 4 is 37.1 Å². The topological polar surface area (TPSA) is 18.5 Å². The summed E-state index contributed by atoms with van der Waals surface area (Å²) in [5.41, 5.74) is 0. The molecule has 0 spiro atoms. The molecular weight excluding hydrogens is 454 g/mol. The molecule has 0 heterocycles. The molecule has 0 amide bonds. The average Bonchev–Trinajstić information content (AvgIpc) is 2.92. The maximum absolute atomic E-state index is 5.74. The minimum atomic E-state index is -0.469. The van der Waals surface area contributed by atoms with Crippen LogP contribution in [0.2, 0.25) is 0 Å². The van der Waals surface area contributed by atoms with Crippen LogP contribution in [0.3, 0.4) is 0 Å². The zero-order valence-electron chi connectivity index (χ0n) is 19.9. The van der Waals surface area contributed by atoms with Gasteiger partial charge in [0.25, 0.3) is 0 Å². The fraction of sp³-hybridized carbons (Fsp3) is 0.200. The van der Waals surface area contributed by atoms with Crippen molar-refractivity contribution in [2.45, 2.75) is 12.8 Å². The zero-order valence-corrected chi connectivity index (χ0v) is 21.7. The van der Waals surface area contributed by atoms with Crippen LogP contribution in [0.4, 0.5) is 0 Å². The molecule has 0 radical (unpaired) electrons. The Balaban J connectivity index is 1.52. The molecule has 0 unspecified atom stereocenters. The van der Waals surface area contributed by atoms with Crippen LogP contribution in [-0.2, 0) is 0 Å². The van der Waals surface area contributed by atoms with Gasteiger partial charge in [0.2, 0.25) is 0 Å². The summed E-state index contributed by atoms with van der Waals surface area (Å²) in [6.07, 6.45) is 4.67. The van der Waals surface area contributed by atoms with Gasteiger partial charge in [0.05, 0.1) is 14.2 Å². The number of methoxy groups -OCH3 is 2. The summed E-state index contributed by atoms with van der Waals surface area (Å²) in [6, 6.07) is 38.9. The van der Waals surface area contributed by atoms with Gasteiger partial charge in [0.15, 0.2) is 0 Å². The molecule has 174 valence electrons. The summed E-state index contributed by atoms with van der Waals surface area (Å²) in [6.45, 7) is 0. The summed E-state index contributed by atoms with van der Waals surface area (Å²) in [5, 5.41) is 5.50. The third-order valence-electron chi connectivity index (χ3n) is 5.90. The van der Waals surface area contributed by atoms with Crippen LogP contribution in [0.15, 0.2) is 109 Å². The van der Waals surface area contributed by atoms with Crippen LogP contribution >= 0.6 is 15.8 Å². The summed E-state index contributed by atoms with van der Waals surface area (Å²) in [5.74, 6) is 2.00. The van der Waals surface area contributed by atoms with E-state index in [1.54, 1.807) is 14.2 Å². The third-order valence-corrected chi connectivity index (χ3v) is 11.2. The van der Waals surface area contributed by atoms with E-state index in [1.165, 1.54) is 34.1 Å². The van der Waals surface area contributed by atoms with Gasteiger partial charge in [-0.15, -0.1) is 0 Å². The second-order valence-electron chi connectivity index (χ2n) is 8.03. The molecule has 2 nitrogen and oxygen atoms in total. The largest absolute Gasteiger partial charge is 0.496 e. The van der Waals surface area contributed by atoms with E-state index in [0.717, 1.165) is 23.8 Å². The lowest BCUT2D eigenvalue weighted by Gasteiger charge is -2.23. The number of para-hydroxylation sites is 2. The summed E-state index contributed by atoms with van der Waals surface area (Å²) in [7, 11) is 2.61. The van der Waals surface area contributed by atoms with Crippen LogP contribution in [0, 0.1) is 0 Å². The number of hydrogen-bond donors (Lipinski definition) is 0. The van der Waals surface area contributed by atoms with Gasteiger partial charge in [0, 0.05) is 10.6 Å². The molecule has 2 atom stereocenters. The molecule has 0 saturated carbocycles. The SMILES string of the molecule is COc1ccccc1[P@@](CCCC[P@@](c1ccccc1)c1ccccc1OC)c1ccccc1. The number of rotatable bonds is 11. The van der Waals surface area contributed by atoms with Gasteiger partial charge >= 0.3 is 0 Å². The van der Waals surface area contributed by atoms with E-state index in [0.29, 0.717) is 0 Å². The van der Waals surface area contributed by atoms with E-state index >= 15 is 0 Å². The number of hydrogen-bond acceptors (Lipinski definition) is 2. The van der Waals surface area contributed by atoms with Crippen LogP contribution in [-0.4, -0.2) is 26.5 Å². The number of ether oxygens (including phenoxy) is 2. The Morgan fingerprint density at radius 2 is 0.824 bits per heavy atom. The zero-order chi connectivity index (χ0) is 23.6. The molecule has 0 saturated heterocycles. The van der Waals surface area contributed by atoms with E-state index in [4.69, 9.17) is 9.47 Å². The molecule has 34 heavy (non-hydrogen) atoms. The highest BCUT2D eigenvalue weighted by molar-refractivity contribution is 7.73. The Morgan fingerprint density at radius 1 is 0.471 bits per heavy atom. The van der Waals surface area contributed by atoms with E-state index in [1.807, 2.05) is 0 Å². The van der Waals surface area contributed by atoms with Gasteiger partial charge < -0.3 is 9.47 Å². The normalized spacial score (nSPS) is 12.6. The number of benzene rings is 4. The highest BCUT2D eigenvalue weighted by Gasteiger charge is 2.20. The Hall–Kier alpha value is -2.66. The molecule has 0 aliphatic carbocycles. The maximum atomic E-state index is 5.74. The van der Waals surface area contributed by atoms with Gasteiger partial charge in [-0.1, -0.05) is 97.1 Å². The highest BCUT2D eigenvalue weighted by Crippen LogP contribution is 2.41. The van der Waals surface area contributed by atoms with Gasteiger partial charge in [-0.05, 0) is 63.8 Å². The van der Waals surface area contributed by atoms with Crippen LogP contribution in [0.5, 0.6) is 11.5 Å². The van der Waals surface area contributed by atoms with Crippen molar-refractivity contribution < 1.29 is 9.47 Å². The van der Waals surface area contributed by atoms with Crippen molar-refractivity contribution in [3.63, 3.8) is 0 Å². The highest BCUT2D eigenvalue weighted by atomic mass is 31.1.